The first-order chi connectivity index (χ1) is 15.9. The number of amides is 1. The van der Waals surface area contributed by atoms with Gasteiger partial charge in [0, 0.05) is 41.8 Å². The SMILES string of the molecule is Cc1cncc2ccc(NC(=O)[C@@H]3CC3c3ccc(S(=O)(=O)Nc4cnccn4)cc3)cc12. The van der Waals surface area contributed by atoms with Crippen LogP contribution in [-0.2, 0) is 14.8 Å². The summed E-state index contributed by atoms with van der Waals surface area (Å²) in [6.07, 6.45) is 8.55. The number of carbonyl (C=O) groups excluding carboxylic acids is 1. The number of aryl methyl sites for hydroxylation is 1. The molecule has 1 amide bonds. The van der Waals surface area contributed by atoms with E-state index >= 15 is 0 Å². The van der Waals surface area contributed by atoms with Gasteiger partial charge in [0.2, 0.25) is 5.91 Å². The first kappa shape index (κ1) is 21.0. The average molecular weight is 460 g/mol. The molecule has 2 atom stereocenters. The van der Waals surface area contributed by atoms with Gasteiger partial charge >= 0.3 is 0 Å². The predicted molar refractivity (Wildman–Crippen MR) is 125 cm³/mol. The van der Waals surface area contributed by atoms with Gasteiger partial charge in [0.15, 0.2) is 5.82 Å². The molecule has 8 nitrogen and oxygen atoms in total. The third kappa shape index (κ3) is 4.40. The molecule has 4 aromatic rings. The average Bonchev–Trinajstić information content (AvgIpc) is 3.61. The number of hydrogen-bond acceptors (Lipinski definition) is 6. The van der Waals surface area contributed by atoms with Crippen LogP contribution in [0.25, 0.3) is 10.8 Å². The summed E-state index contributed by atoms with van der Waals surface area (Å²) in [6.45, 7) is 1.99. The summed E-state index contributed by atoms with van der Waals surface area (Å²) >= 11 is 0. The number of fused-ring (bicyclic) bond motifs is 1. The Labute approximate surface area is 191 Å². The summed E-state index contributed by atoms with van der Waals surface area (Å²) in [5.41, 5.74) is 2.75. The Balaban J connectivity index is 1.25. The Morgan fingerprint density at radius 2 is 1.82 bits per heavy atom. The molecule has 2 N–H and O–H groups in total. The van der Waals surface area contributed by atoms with Gasteiger partial charge in [-0.2, -0.15) is 0 Å². The molecule has 5 rings (SSSR count). The van der Waals surface area contributed by atoms with Crippen molar-refractivity contribution in [3.63, 3.8) is 0 Å². The lowest BCUT2D eigenvalue weighted by molar-refractivity contribution is -0.117. The highest BCUT2D eigenvalue weighted by Gasteiger charge is 2.44. The van der Waals surface area contributed by atoms with Crippen LogP contribution < -0.4 is 10.0 Å². The van der Waals surface area contributed by atoms with E-state index in [-0.39, 0.29) is 28.5 Å². The number of carbonyl (C=O) groups is 1. The molecular formula is C24H21N5O3S. The zero-order chi connectivity index (χ0) is 23.0. The molecule has 1 aliphatic rings. The Kier molecular flexibility index (Phi) is 5.26. The number of anilines is 2. The van der Waals surface area contributed by atoms with E-state index in [1.54, 1.807) is 36.7 Å². The molecule has 2 aromatic carbocycles. The van der Waals surface area contributed by atoms with Crippen LogP contribution in [0.15, 0.2) is 78.3 Å². The summed E-state index contributed by atoms with van der Waals surface area (Å²) < 4.78 is 27.5. The van der Waals surface area contributed by atoms with Crippen LogP contribution in [0.4, 0.5) is 11.5 Å². The Bertz CT molecular complexity index is 1440. The number of pyridine rings is 1. The second-order valence-corrected chi connectivity index (χ2v) is 9.78. The molecule has 0 radical (unpaired) electrons. The number of nitrogens with zero attached hydrogens (tertiary/aromatic N) is 3. The van der Waals surface area contributed by atoms with Gasteiger partial charge in [-0.3, -0.25) is 19.5 Å². The molecule has 0 bridgehead atoms. The highest BCUT2D eigenvalue weighted by atomic mass is 32.2. The van der Waals surface area contributed by atoms with Crippen LogP contribution in [0.5, 0.6) is 0 Å². The minimum absolute atomic E-state index is 0.0351. The van der Waals surface area contributed by atoms with Crippen molar-refractivity contribution in [3.05, 3.63) is 84.6 Å². The topological polar surface area (TPSA) is 114 Å². The Hall–Kier alpha value is -3.85. The monoisotopic (exact) mass is 459 g/mol. The maximum atomic E-state index is 12.8. The van der Waals surface area contributed by atoms with E-state index in [0.717, 1.165) is 34.0 Å². The normalized spacial score (nSPS) is 17.5. The number of benzene rings is 2. The molecule has 166 valence electrons. The van der Waals surface area contributed by atoms with Crippen LogP contribution in [0, 0.1) is 12.8 Å². The molecule has 0 aliphatic heterocycles. The lowest BCUT2D eigenvalue weighted by Crippen LogP contribution is -2.15. The smallest absolute Gasteiger partial charge is 0.263 e. The van der Waals surface area contributed by atoms with E-state index in [0.29, 0.717) is 0 Å². The zero-order valence-electron chi connectivity index (χ0n) is 17.8. The van der Waals surface area contributed by atoms with Crippen LogP contribution in [0.2, 0.25) is 0 Å². The molecule has 1 fully saturated rings. The van der Waals surface area contributed by atoms with Gasteiger partial charge in [-0.1, -0.05) is 18.2 Å². The minimum atomic E-state index is -3.76. The summed E-state index contributed by atoms with van der Waals surface area (Å²) in [4.78, 5) is 24.9. The molecule has 1 saturated carbocycles. The summed E-state index contributed by atoms with van der Waals surface area (Å²) in [5.74, 6) is 0.0493. The van der Waals surface area contributed by atoms with Crippen molar-refractivity contribution < 1.29 is 13.2 Å². The van der Waals surface area contributed by atoms with Gasteiger partial charge in [0.05, 0.1) is 11.1 Å². The lowest BCUT2D eigenvalue weighted by Gasteiger charge is -2.09. The number of nitrogens with one attached hydrogen (secondary N) is 2. The van der Waals surface area contributed by atoms with Crippen LogP contribution >= 0.6 is 0 Å². The molecule has 1 unspecified atom stereocenters. The number of sulfonamides is 1. The van der Waals surface area contributed by atoms with Crippen molar-refractivity contribution in [3.8, 4) is 0 Å². The van der Waals surface area contributed by atoms with Gasteiger partial charge in [-0.15, -0.1) is 0 Å². The van der Waals surface area contributed by atoms with Crippen molar-refractivity contribution in [2.75, 3.05) is 10.0 Å². The molecule has 2 aromatic heterocycles. The van der Waals surface area contributed by atoms with Crippen LogP contribution in [0.3, 0.4) is 0 Å². The van der Waals surface area contributed by atoms with E-state index in [9.17, 15) is 13.2 Å². The van der Waals surface area contributed by atoms with E-state index < -0.39 is 10.0 Å². The fourth-order valence-electron chi connectivity index (χ4n) is 3.92. The molecule has 0 saturated heterocycles. The minimum Gasteiger partial charge on any atom is -0.326 e. The van der Waals surface area contributed by atoms with Gasteiger partial charge < -0.3 is 5.32 Å². The van der Waals surface area contributed by atoms with Gasteiger partial charge in [0.1, 0.15) is 0 Å². The molecule has 1 aliphatic carbocycles. The largest absolute Gasteiger partial charge is 0.326 e. The number of rotatable bonds is 6. The third-order valence-electron chi connectivity index (χ3n) is 5.78. The zero-order valence-corrected chi connectivity index (χ0v) is 18.6. The molecule has 0 spiro atoms. The van der Waals surface area contributed by atoms with E-state index in [2.05, 4.69) is 25.0 Å². The maximum Gasteiger partial charge on any atom is 0.263 e. The van der Waals surface area contributed by atoms with Crippen molar-refractivity contribution in [1.29, 1.82) is 0 Å². The van der Waals surface area contributed by atoms with Gasteiger partial charge in [-0.05, 0) is 60.0 Å². The fraction of sp³-hybridized carbons (Fsp3) is 0.167. The molecule has 2 heterocycles. The van der Waals surface area contributed by atoms with Crippen LogP contribution in [-0.4, -0.2) is 29.3 Å². The summed E-state index contributed by atoms with van der Waals surface area (Å²) in [7, 11) is -3.76. The van der Waals surface area contributed by atoms with E-state index in [4.69, 9.17) is 0 Å². The third-order valence-corrected chi connectivity index (χ3v) is 7.15. The van der Waals surface area contributed by atoms with Crippen molar-refractivity contribution in [2.24, 2.45) is 5.92 Å². The van der Waals surface area contributed by atoms with Gasteiger partial charge in [-0.25, -0.2) is 13.4 Å². The van der Waals surface area contributed by atoms with Crippen LogP contribution in [0.1, 0.15) is 23.5 Å². The summed E-state index contributed by atoms with van der Waals surface area (Å²) in [5, 5.41) is 5.09. The van der Waals surface area contributed by atoms with Crippen molar-refractivity contribution in [1.82, 2.24) is 15.0 Å². The van der Waals surface area contributed by atoms with Gasteiger partial charge in [0.25, 0.3) is 10.0 Å². The van der Waals surface area contributed by atoms with E-state index in [1.165, 1.54) is 18.6 Å². The quantitative estimate of drug-likeness (QED) is 0.452. The van der Waals surface area contributed by atoms with E-state index in [1.807, 2.05) is 25.1 Å². The molecular weight excluding hydrogens is 438 g/mol. The first-order valence-electron chi connectivity index (χ1n) is 10.4. The Morgan fingerprint density at radius 1 is 1.00 bits per heavy atom. The maximum absolute atomic E-state index is 12.8. The lowest BCUT2D eigenvalue weighted by atomic mass is 10.1. The first-order valence-corrected chi connectivity index (χ1v) is 11.9. The number of aromatic nitrogens is 3. The van der Waals surface area contributed by atoms with Crippen molar-refractivity contribution in [2.45, 2.75) is 24.2 Å². The molecule has 9 heteroatoms. The second kappa shape index (κ2) is 8.25. The van der Waals surface area contributed by atoms with Crippen molar-refractivity contribution >= 4 is 38.2 Å². The second-order valence-electron chi connectivity index (χ2n) is 8.10. The highest BCUT2D eigenvalue weighted by Crippen LogP contribution is 2.48. The number of hydrogen-bond donors (Lipinski definition) is 2. The standard InChI is InChI=1S/C24H21N5O3S/c1-15-12-26-13-17-2-5-18(10-20(15)17)28-24(30)22-11-21(22)16-3-6-19(7-4-16)33(31,32)29-23-14-25-8-9-27-23/h2-10,12-14,21-22H,11H2,1H3,(H,27,29)(H,28,30)/t21?,22-/m1/s1. The fourth-order valence-corrected chi connectivity index (χ4v) is 4.91. The highest BCUT2D eigenvalue weighted by molar-refractivity contribution is 7.92. The molecule has 33 heavy (non-hydrogen) atoms. The predicted octanol–water partition coefficient (Wildman–Crippen LogP) is 3.88. The summed E-state index contributed by atoms with van der Waals surface area (Å²) in [6, 6.07) is 12.4. The Morgan fingerprint density at radius 3 is 2.58 bits per heavy atom.